The zero-order valence-corrected chi connectivity index (χ0v) is 8.42. The van der Waals surface area contributed by atoms with Crippen molar-refractivity contribution < 1.29 is 13.6 Å². The maximum atomic E-state index is 13.2. The molecule has 0 spiro atoms. The summed E-state index contributed by atoms with van der Waals surface area (Å²) in [6.07, 6.45) is 1.19. The standard InChI is InChI=1S/C12H11FO2/c1-2-4-10(14)11-7-8-5-3-6-9(13)12(8)15-11/h3,5-7H,2,4H2,1H3. The van der Waals surface area contributed by atoms with E-state index in [4.69, 9.17) is 4.42 Å². The second-order valence-electron chi connectivity index (χ2n) is 3.44. The van der Waals surface area contributed by atoms with E-state index in [1.165, 1.54) is 6.07 Å². The number of halogens is 1. The number of carbonyl (C=O) groups is 1. The van der Waals surface area contributed by atoms with Gasteiger partial charge in [-0.3, -0.25) is 4.79 Å². The summed E-state index contributed by atoms with van der Waals surface area (Å²) in [6, 6.07) is 6.24. The number of furan rings is 1. The summed E-state index contributed by atoms with van der Waals surface area (Å²) in [5, 5.41) is 0.634. The van der Waals surface area contributed by atoms with Gasteiger partial charge < -0.3 is 4.42 Å². The fraction of sp³-hybridized carbons (Fsp3) is 0.250. The van der Waals surface area contributed by atoms with E-state index in [0.717, 1.165) is 6.42 Å². The van der Waals surface area contributed by atoms with Crippen LogP contribution in [0.4, 0.5) is 4.39 Å². The molecule has 1 aromatic heterocycles. The van der Waals surface area contributed by atoms with Crippen LogP contribution in [0.3, 0.4) is 0 Å². The Kier molecular flexibility index (Phi) is 2.54. The van der Waals surface area contributed by atoms with Gasteiger partial charge in [0.2, 0.25) is 0 Å². The van der Waals surface area contributed by atoms with Gasteiger partial charge in [-0.25, -0.2) is 4.39 Å². The predicted molar refractivity (Wildman–Crippen MR) is 55.4 cm³/mol. The van der Waals surface area contributed by atoms with Gasteiger partial charge in [-0.05, 0) is 18.6 Å². The average Bonchev–Trinajstić information content (AvgIpc) is 2.63. The monoisotopic (exact) mass is 206 g/mol. The summed E-state index contributed by atoms with van der Waals surface area (Å²) in [4.78, 5) is 11.5. The lowest BCUT2D eigenvalue weighted by molar-refractivity contribution is 0.0957. The SMILES string of the molecule is CCCC(=O)c1cc2cccc(F)c2o1. The Bertz CT molecular complexity index is 499. The van der Waals surface area contributed by atoms with Crippen molar-refractivity contribution in [3.8, 4) is 0 Å². The van der Waals surface area contributed by atoms with Crippen LogP contribution in [-0.4, -0.2) is 5.78 Å². The highest BCUT2D eigenvalue weighted by Crippen LogP contribution is 2.22. The number of para-hydroxylation sites is 1. The zero-order valence-electron chi connectivity index (χ0n) is 8.42. The first-order valence-electron chi connectivity index (χ1n) is 4.93. The van der Waals surface area contributed by atoms with E-state index in [1.807, 2.05) is 6.92 Å². The Morgan fingerprint density at radius 1 is 1.47 bits per heavy atom. The van der Waals surface area contributed by atoms with Crippen molar-refractivity contribution in [1.29, 1.82) is 0 Å². The van der Waals surface area contributed by atoms with Gasteiger partial charge >= 0.3 is 0 Å². The minimum atomic E-state index is -0.428. The van der Waals surface area contributed by atoms with E-state index in [0.29, 0.717) is 11.8 Å². The molecule has 3 heteroatoms. The second-order valence-corrected chi connectivity index (χ2v) is 3.44. The van der Waals surface area contributed by atoms with Crippen LogP contribution in [0, 0.1) is 5.82 Å². The molecule has 0 radical (unpaired) electrons. The smallest absolute Gasteiger partial charge is 0.198 e. The number of ketones is 1. The number of Topliss-reactive ketones (excluding diaryl/α,β-unsaturated/α-hetero) is 1. The van der Waals surface area contributed by atoms with Crippen LogP contribution in [0.1, 0.15) is 30.3 Å². The summed E-state index contributed by atoms with van der Waals surface area (Å²) < 4.78 is 18.4. The van der Waals surface area contributed by atoms with Gasteiger partial charge in [0.05, 0.1) is 0 Å². The number of hydrogen-bond acceptors (Lipinski definition) is 2. The molecule has 2 nitrogen and oxygen atoms in total. The molecule has 15 heavy (non-hydrogen) atoms. The first-order chi connectivity index (χ1) is 7.22. The van der Waals surface area contributed by atoms with E-state index in [-0.39, 0.29) is 17.1 Å². The molecule has 0 atom stereocenters. The van der Waals surface area contributed by atoms with Crippen molar-refractivity contribution in [3.63, 3.8) is 0 Å². The summed E-state index contributed by atoms with van der Waals surface area (Å²) in [7, 11) is 0. The first kappa shape index (κ1) is 9.90. The van der Waals surface area contributed by atoms with Crippen LogP contribution in [0.25, 0.3) is 11.0 Å². The third-order valence-electron chi connectivity index (χ3n) is 2.25. The number of fused-ring (bicyclic) bond motifs is 1. The molecular formula is C12H11FO2. The van der Waals surface area contributed by atoms with Gasteiger partial charge in [-0.15, -0.1) is 0 Å². The second kappa shape index (κ2) is 3.85. The lowest BCUT2D eigenvalue weighted by Gasteiger charge is -1.91. The Labute approximate surface area is 86.7 Å². The van der Waals surface area contributed by atoms with Gasteiger partial charge in [-0.2, -0.15) is 0 Å². The molecule has 2 aromatic rings. The van der Waals surface area contributed by atoms with E-state index in [9.17, 15) is 9.18 Å². The van der Waals surface area contributed by atoms with Crippen LogP contribution < -0.4 is 0 Å². The Morgan fingerprint density at radius 2 is 2.27 bits per heavy atom. The highest BCUT2D eigenvalue weighted by Gasteiger charge is 2.13. The summed E-state index contributed by atoms with van der Waals surface area (Å²) in [5.74, 6) is -0.256. The van der Waals surface area contributed by atoms with Gasteiger partial charge in [0.1, 0.15) is 0 Å². The Morgan fingerprint density at radius 3 is 2.93 bits per heavy atom. The summed E-state index contributed by atoms with van der Waals surface area (Å²) in [6.45, 7) is 1.92. The van der Waals surface area contributed by atoms with Crippen molar-refractivity contribution in [1.82, 2.24) is 0 Å². The number of carbonyl (C=O) groups excluding carboxylic acids is 1. The van der Waals surface area contributed by atoms with E-state index < -0.39 is 5.82 Å². The minimum absolute atomic E-state index is 0.0758. The van der Waals surface area contributed by atoms with Crippen molar-refractivity contribution in [2.24, 2.45) is 0 Å². The largest absolute Gasteiger partial charge is 0.450 e. The minimum Gasteiger partial charge on any atom is -0.450 e. The number of benzene rings is 1. The number of rotatable bonds is 3. The van der Waals surface area contributed by atoms with Crippen LogP contribution in [0.2, 0.25) is 0 Å². The van der Waals surface area contributed by atoms with Gasteiger partial charge in [0.25, 0.3) is 0 Å². The van der Waals surface area contributed by atoms with Gasteiger partial charge in [0, 0.05) is 11.8 Å². The first-order valence-corrected chi connectivity index (χ1v) is 4.93. The molecule has 0 saturated carbocycles. The Balaban J connectivity index is 2.47. The predicted octanol–water partition coefficient (Wildman–Crippen LogP) is 3.55. The molecule has 78 valence electrons. The van der Waals surface area contributed by atoms with E-state index >= 15 is 0 Å². The molecule has 0 aliphatic rings. The zero-order chi connectivity index (χ0) is 10.8. The van der Waals surface area contributed by atoms with Gasteiger partial charge in [-0.1, -0.05) is 19.1 Å². The molecule has 0 saturated heterocycles. The average molecular weight is 206 g/mol. The quantitative estimate of drug-likeness (QED) is 0.719. The third kappa shape index (κ3) is 1.77. The summed E-state index contributed by atoms with van der Waals surface area (Å²) in [5.41, 5.74) is 0.164. The number of hydrogen-bond donors (Lipinski definition) is 0. The highest BCUT2D eigenvalue weighted by atomic mass is 19.1. The van der Waals surface area contributed by atoms with Crippen molar-refractivity contribution in [2.75, 3.05) is 0 Å². The highest BCUT2D eigenvalue weighted by molar-refractivity contribution is 5.97. The van der Waals surface area contributed by atoms with Crippen LogP contribution in [0.5, 0.6) is 0 Å². The lowest BCUT2D eigenvalue weighted by atomic mass is 10.2. The normalized spacial score (nSPS) is 10.8. The molecular weight excluding hydrogens is 195 g/mol. The van der Waals surface area contributed by atoms with Crippen LogP contribution in [-0.2, 0) is 0 Å². The molecule has 0 amide bonds. The van der Waals surface area contributed by atoms with Crippen LogP contribution in [0.15, 0.2) is 28.7 Å². The van der Waals surface area contributed by atoms with Gasteiger partial charge in [0.15, 0.2) is 22.9 Å². The van der Waals surface area contributed by atoms with E-state index in [1.54, 1.807) is 18.2 Å². The summed E-state index contributed by atoms with van der Waals surface area (Å²) >= 11 is 0. The molecule has 0 aliphatic heterocycles. The maximum Gasteiger partial charge on any atom is 0.198 e. The molecule has 0 N–H and O–H groups in total. The lowest BCUT2D eigenvalue weighted by Crippen LogP contribution is -1.94. The molecule has 0 aliphatic carbocycles. The molecule has 1 aromatic carbocycles. The maximum absolute atomic E-state index is 13.2. The third-order valence-corrected chi connectivity index (χ3v) is 2.25. The molecule has 0 bridgehead atoms. The van der Waals surface area contributed by atoms with Crippen molar-refractivity contribution in [3.05, 3.63) is 35.8 Å². The molecule has 1 heterocycles. The van der Waals surface area contributed by atoms with E-state index in [2.05, 4.69) is 0 Å². The Hall–Kier alpha value is -1.64. The molecule has 2 rings (SSSR count). The molecule has 0 unspecified atom stereocenters. The topological polar surface area (TPSA) is 30.2 Å². The van der Waals surface area contributed by atoms with Crippen molar-refractivity contribution >= 4 is 16.8 Å². The van der Waals surface area contributed by atoms with Crippen molar-refractivity contribution in [2.45, 2.75) is 19.8 Å². The fourth-order valence-corrected chi connectivity index (χ4v) is 1.52. The molecule has 0 fully saturated rings. The fourth-order valence-electron chi connectivity index (χ4n) is 1.52. The van der Waals surface area contributed by atoms with Crippen LogP contribution >= 0.6 is 0 Å².